The van der Waals surface area contributed by atoms with E-state index < -0.39 is 11.4 Å². The van der Waals surface area contributed by atoms with Gasteiger partial charge in [0.2, 0.25) is 5.79 Å². The molecule has 0 bridgehead atoms. The first-order chi connectivity index (χ1) is 11.3. The molecule has 0 radical (unpaired) electrons. The fourth-order valence-electron chi connectivity index (χ4n) is 3.59. The van der Waals surface area contributed by atoms with Gasteiger partial charge in [0.05, 0.1) is 6.61 Å². The van der Waals surface area contributed by atoms with Gasteiger partial charge in [-0.3, -0.25) is 0 Å². The Kier molecular flexibility index (Phi) is 3.93. The summed E-state index contributed by atoms with van der Waals surface area (Å²) in [6.07, 6.45) is 5.33. The molecule has 0 aromatic heterocycles. The molecule has 4 rings (SSSR count). The molecule has 0 unspecified atom stereocenters. The zero-order chi connectivity index (χ0) is 15.6. The van der Waals surface area contributed by atoms with Crippen LogP contribution in [0, 0.1) is 0 Å². The van der Waals surface area contributed by atoms with Crippen molar-refractivity contribution in [1.82, 2.24) is 0 Å². The Balaban J connectivity index is 1.69. The highest BCUT2D eigenvalue weighted by Crippen LogP contribution is 2.44. The lowest BCUT2D eigenvalue weighted by molar-refractivity contribution is -0.514. The summed E-state index contributed by atoms with van der Waals surface area (Å²) >= 11 is 0. The molecule has 3 heteroatoms. The molecule has 2 fully saturated rings. The highest BCUT2D eigenvalue weighted by atomic mass is 17.2. The Hall–Kier alpha value is -1.68. The molecule has 1 spiro atoms. The molecule has 2 aromatic carbocycles. The van der Waals surface area contributed by atoms with Gasteiger partial charge in [-0.05, 0) is 24.0 Å². The molecule has 3 nitrogen and oxygen atoms in total. The molecule has 0 amide bonds. The van der Waals surface area contributed by atoms with Crippen molar-refractivity contribution in [2.75, 3.05) is 6.61 Å². The van der Waals surface area contributed by atoms with Gasteiger partial charge in [-0.15, -0.1) is 0 Å². The van der Waals surface area contributed by atoms with Gasteiger partial charge in [0.25, 0.3) is 0 Å². The Morgan fingerprint density at radius 3 is 1.70 bits per heavy atom. The van der Waals surface area contributed by atoms with E-state index in [2.05, 4.69) is 24.3 Å². The summed E-state index contributed by atoms with van der Waals surface area (Å²) in [5, 5.41) is 0. The summed E-state index contributed by atoms with van der Waals surface area (Å²) in [5.74, 6) is -0.550. The van der Waals surface area contributed by atoms with Crippen LogP contribution in [-0.4, -0.2) is 12.4 Å². The van der Waals surface area contributed by atoms with E-state index in [1.807, 2.05) is 36.4 Å². The van der Waals surface area contributed by atoms with Crippen LogP contribution in [0.15, 0.2) is 60.7 Å². The first-order valence-electron chi connectivity index (χ1n) is 8.45. The summed E-state index contributed by atoms with van der Waals surface area (Å²) < 4.78 is 6.28. The molecule has 0 N–H and O–H groups in total. The second-order valence-electron chi connectivity index (χ2n) is 6.49. The predicted octanol–water partition coefficient (Wildman–Crippen LogP) is 4.57. The number of hydrogen-bond acceptors (Lipinski definition) is 3. The van der Waals surface area contributed by atoms with Crippen molar-refractivity contribution < 1.29 is 14.5 Å². The van der Waals surface area contributed by atoms with E-state index in [1.54, 1.807) is 0 Å². The van der Waals surface area contributed by atoms with Crippen LogP contribution in [0.5, 0.6) is 0 Å². The molecule has 1 aliphatic carbocycles. The summed E-state index contributed by atoms with van der Waals surface area (Å²) in [5.41, 5.74) is 1.40. The molecular weight excluding hydrogens is 288 g/mol. The van der Waals surface area contributed by atoms with Crippen LogP contribution in [0.25, 0.3) is 0 Å². The highest BCUT2D eigenvalue weighted by molar-refractivity contribution is 5.36. The van der Waals surface area contributed by atoms with Crippen LogP contribution in [0.2, 0.25) is 0 Å². The summed E-state index contributed by atoms with van der Waals surface area (Å²) in [7, 11) is 0. The number of rotatable bonds is 2. The second kappa shape index (κ2) is 6.08. The van der Waals surface area contributed by atoms with Gasteiger partial charge in [0.15, 0.2) is 5.60 Å². The van der Waals surface area contributed by atoms with Gasteiger partial charge in [0.1, 0.15) is 0 Å². The smallest absolute Gasteiger partial charge is 0.201 e. The molecule has 1 aliphatic heterocycles. The Morgan fingerprint density at radius 2 is 1.22 bits per heavy atom. The van der Waals surface area contributed by atoms with Crippen LogP contribution in [0.4, 0.5) is 0 Å². The molecule has 1 saturated carbocycles. The fraction of sp³-hybridized carbons (Fsp3) is 0.400. The van der Waals surface area contributed by atoms with Gasteiger partial charge < -0.3 is 4.74 Å². The SMILES string of the molecule is c1ccc(C2(c3ccccc3)COC3(CCCCC3)OO2)cc1. The molecule has 120 valence electrons. The topological polar surface area (TPSA) is 27.7 Å². The molecule has 0 atom stereocenters. The van der Waals surface area contributed by atoms with Gasteiger partial charge in [-0.25, -0.2) is 4.89 Å². The normalized spacial score (nSPS) is 22.8. The molecule has 1 saturated heterocycles. The third kappa shape index (κ3) is 2.69. The zero-order valence-corrected chi connectivity index (χ0v) is 13.2. The maximum Gasteiger partial charge on any atom is 0.201 e. The van der Waals surface area contributed by atoms with Crippen molar-refractivity contribution in [1.29, 1.82) is 0 Å². The molecule has 23 heavy (non-hydrogen) atoms. The maximum absolute atomic E-state index is 6.28. The van der Waals surface area contributed by atoms with Crippen LogP contribution in [0.1, 0.15) is 43.2 Å². The summed E-state index contributed by atoms with van der Waals surface area (Å²) in [6.45, 7) is 0.473. The van der Waals surface area contributed by atoms with E-state index in [-0.39, 0.29) is 0 Å². The predicted molar refractivity (Wildman–Crippen MR) is 87.6 cm³/mol. The number of benzene rings is 2. The molecule has 2 aliphatic rings. The largest absolute Gasteiger partial charge is 0.343 e. The van der Waals surface area contributed by atoms with Gasteiger partial charge in [0, 0.05) is 12.8 Å². The average Bonchev–Trinajstić information content (AvgIpc) is 2.65. The minimum absolute atomic E-state index is 0.473. The minimum Gasteiger partial charge on any atom is -0.343 e. The summed E-state index contributed by atoms with van der Waals surface area (Å²) in [6, 6.07) is 20.4. The first-order valence-corrected chi connectivity index (χ1v) is 8.45. The van der Waals surface area contributed by atoms with E-state index in [0.717, 1.165) is 36.8 Å². The fourth-order valence-corrected chi connectivity index (χ4v) is 3.59. The van der Waals surface area contributed by atoms with E-state index in [9.17, 15) is 0 Å². The van der Waals surface area contributed by atoms with Crippen molar-refractivity contribution in [2.45, 2.75) is 43.5 Å². The summed E-state index contributed by atoms with van der Waals surface area (Å²) in [4.78, 5) is 12.0. The lowest BCUT2D eigenvalue weighted by Gasteiger charge is -2.46. The van der Waals surface area contributed by atoms with Gasteiger partial charge in [-0.1, -0.05) is 67.1 Å². The van der Waals surface area contributed by atoms with E-state index in [0.29, 0.717) is 6.61 Å². The van der Waals surface area contributed by atoms with Gasteiger partial charge >= 0.3 is 0 Å². The zero-order valence-electron chi connectivity index (χ0n) is 13.2. The van der Waals surface area contributed by atoms with E-state index in [1.165, 1.54) is 6.42 Å². The van der Waals surface area contributed by atoms with E-state index >= 15 is 0 Å². The Morgan fingerprint density at radius 1 is 0.652 bits per heavy atom. The second-order valence-corrected chi connectivity index (χ2v) is 6.49. The quantitative estimate of drug-likeness (QED) is 0.761. The average molecular weight is 310 g/mol. The van der Waals surface area contributed by atoms with Crippen LogP contribution < -0.4 is 0 Å². The van der Waals surface area contributed by atoms with Crippen LogP contribution in [0.3, 0.4) is 0 Å². The highest BCUT2D eigenvalue weighted by Gasteiger charge is 2.49. The van der Waals surface area contributed by atoms with E-state index in [4.69, 9.17) is 14.5 Å². The molecule has 2 aromatic rings. The Labute approximate surface area is 137 Å². The molecular formula is C20H22O3. The van der Waals surface area contributed by atoms with Gasteiger partial charge in [-0.2, -0.15) is 4.89 Å². The number of hydrogen-bond donors (Lipinski definition) is 0. The van der Waals surface area contributed by atoms with Crippen molar-refractivity contribution in [3.8, 4) is 0 Å². The monoisotopic (exact) mass is 310 g/mol. The molecule has 1 heterocycles. The standard InChI is InChI=1S/C20H22O3/c1-4-10-17(11-5-1)20(18-12-6-2-7-13-18)16-21-19(22-23-20)14-8-3-9-15-19/h1-2,4-7,10-13H,3,8-9,14-16H2. The maximum atomic E-state index is 6.28. The lowest BCUT2D eigenvalue weighted by Crippen LogP contribution is -2.51. The third-order valence-corrected chi connectivity index (χ3v) is 4.97. The minimum atomic E-state index is -0.703. The van der Waals surface area contributed by atoms with Crippen molar-refractivity contribution >= 4 is 0 Å². The Bertz CT molecular complexity index is 581. The van der Waals surface area contributed by atoms with Crippen molar-refractivity contribution in [3.63, 3.8) is 0 Å². The number of ether oxygens (including phenoxy) is 1. The van der Waals surface area contributed by atoms with Crippen LogP contribution >= 0.6 is 0 Å². The van der Waals surface area contributed by atoms with Crippen molar-refractivity contribution in [3.05, 3.63) is 71.8 Å². The first kappa shape index (κ1) is 14.9. The third-order valence-electron chi connectivity index (χ3n) is 4.97. The van der Waals surface area contributed by atoms with Crippen LogP contribution in [-0.2, 0) is 20.1 Å². The lowest BCUT2D eigenvalue weighted by atomic mass is 9.86. The van der Waals surface area contributed by atoms with Crippen molar-refractivity contribution in [2.24, 2.45) is 0 Å².